The highest BCUT2D eigenvalue weighted by atomic mass is 79.9. The van der Waals surface area contributed by atoms with E-state index in [1.165, 1.54) is 14.7 Å². The number of carbonyl (C=O) groups is 6. The van der Waals surface area contributed by atoms with Crippen molar-refractivity contribution < 1.29 is 67.8 Å². The number of anilines is 2. The molecule has 6 aromatic carbocycles. The first-order chi connectivity index (χ1) is 44.8. The van der Waals surface area contributed by atoms with Crippen molar-refractivity contribution in [3.05, 3.63) is 188 Å². The topological polar surface area (TPSA) is 253 Å². The molecule has 0 spiro atoms. The van der Waals surface area contributed by atoms with Gasteiger partial charge < -0.3 is 59.4 Å². The van der Waals surface area contributed by atoms with Gasteiger partial charge in [-0.05, 0) is 128 Å². The van der Waals surface area contributed by atoms with E-state index in [1.807, 2.05) is 55.1 Å². The van der Waals surface area contributed by atoms with Crippen LogP contribution in [0.4, 0.5) is 21.0 Å². The molecule has 488 valence electrons. The molecule has 1 unspecified atom stereocenters. The van der Waals surface area contributed by atoms with Gasteiger partial charge in [0.2, 0.25) is 0 Å². The summed E-state index contributed by atoms with van der Waals surface area (Å²) in [5.74, 6) is -0.908. The van der Waals surface area contributed by atoms with Gasteiger partial charge in [0, 0.05) is 109 Å². The maximum Gasteiger partial charge on any atom is 0.321 e. The number of hydrogen-bond acceptors (Lipinski definition) is 16. The van der Waals surface area contributed by atoms with Gasteiger partial charge in [-0.1, -0.05) is 80.4 Å². The quantitative estimate of drug-likeness (QED) is 0.0810. The second kappa shape index (κ2) is 27.8. The predicted octanol–water partition coefficient (Wildman–Crippen LogP) is 8.23. The number of benzene rings is 6. The summed E-state index contributed by atoms with van der Waals surface area (Å²) < 4.78 is 29.7. The molecule has 8 aliphatic heterocycles. The Kier molecular flexibility index (Phi) is 19.5. The van der Waals surface area contributed by atoms with Crippen molar-refractivity contribution in [2.24, 2.45) is 0 Å². The van der Waals surface area contributed by atoms with Gasteiger partial charge in [-0.15, -0.1) is 0 Å². The van der Waals surface area contributed by atoms with Crippen molar-refractivity contribution in [2.45, 2.75) is 99.2 Å². The number of β-amino-alcohol motifs (C(OH)–C–C–N with tert-alkyl or cyclic N) is 1. The largest absolute Gasteiger partial charge is 0.497 e. The molecular formula is C69H74Br2N8O14. The van der Waals surface area contributed by atoms with Gasteiger partial charge in [0.25, 0.3) is 23.6 Å². The Labute approximate surface area is 555 Å². The molecule has 5 N–H and O–H groups in total. The minimum atomic E-state index is -1.18. The van der Waals surface area contributed by atoms with E-state index in [-0.39, 0.29) is 111 Å². The van der Waals surface area contributed by atoms with Crippen molar-refractivity contribution in [3.8, 4) is 11.5 Å². The van der Waals surface area contributed by atoms with E-state index < -0.39 is 30.3 Å². The lowest BCUT2D eigenvalue weighted by molar-refractivity contribution is -0.150. The number of amides is 8. The lowest BCUT2D eigenvalue weighted by Gasteiger charge is -2.59. The summed E-state index contributed by atoms with van der Waals surface area (Å²) in [6, 6.07) is 42.4. The van der Waals surface area contributed by atoms with Crippen LogP contribution in [0.2, 0.25) is 0 Å². The van der Waals surface area contributed by atoms with Crippen LogP contribution < -0.4 is 20.1 Å². The second-order valence-corrected chi connectivity index (χ2v) is 26.6. The number of nitrogens with one attached hydrogen (secondary N) is 2. The van der Waals surface area contributed by atoms with Gasteiger partial charge in [-0.3, -0.25) is 38.8 Å². The van der Waals surface area contributed by atoms with Crippen LogP contribution in [0, 0.1) is 0 Å². The molecule has 6 saturated heterocycles. The van der Waals surface area contributed by atoms with E-state index in [0.717, 1.165) is 39.5 Å². The molecule has 22 nitrogen and oxygen atoms in total. The summed E-state index contributed by atoms with van der Waals surface area (Å²) in [6.45, 7) is 6.53. The van der Waals surface area contributed by atoms with Gasteiger partial charge in [0.1, 0.15) is 23.7 Å². The third-order valence-corrected chi connectivity index (χ3v) is 19.7. The van der Waals surface area contributed by atoms with Crippen molar-refractivity contribution in [1.29, 1.82) is 0 Å². The second-order valence-electron chi connectivity index (χ2n) is 24.8. The van der Waals surface area contributed by atoms with Gasteiger partial charge in [0.15, 0.2) is 12.1 Å². The molecule has 8 amide bonds. The van der Waals surface area contributed by atoms with E-state index in [0.29, 0.717) is 64.8 Å². The predicted molar refractivity (Wildman–Crippen MR) is 350 cm³/mol. The molecule has 8 heterocycles. The van der Waals surface area contributed by atoms with E-state index in [2.05, 4.69) is 59.5 Å². The number of hydrogen-bond donors (Lipinski definition) is 5. The first-order valence-electron chi connectivity index (χ1n) is 31.1. The Morgan fingerprint density at radius 3 is 1.29 bits per heavy atom. The number of aliphatic hydroxyl groups excluding tert-OH is 3. The van der Waals surface area contributed by atoms with Crippen LogP contribution in [-0.2, 0) is 14.2 Å². The molecule has 6 aromatic rings. The van der Waals surface area contributed by atoms with E-state index in [1.54, 1.807) is 116 Å². The zero-order valence-corrected chi connectivity index (χ0v) is 54.9. The molecule has 8 aliphatic rings. The molecule has 24 heteroatoms. The SMILES string of the molecule is COc1ccc(NC(=O)N2C[C@@H](O)[C@@H](O)CN3[C@H](CN4C(=O)c5ccccc5C4=O)[C@H](c4ccc(Br)cc4)[C@@H]3C2)cc1.COc1ccc(NC(=O)N2C[C@H]3OC(C)(C)O[C@H]3CN3[C@H](CN4C(=O)c5ccccc5C4=O)[C@H](c4ccc(Br)cc4)[C@@H]3C2)cc1.OC1CCCO1. The summed E-state index contributed by atoms with van der Waals surface area (Å²) in [6.07, 6.45) is -1.60. The van der Waals surface area contributed by atoms with Gasteiger partial charge in [0.05, 0.1) is 61.8 Å². The average Bonchev–Trinajstić information content (AvgIpc) is 1.48. The highest BCUT2D eigenvalue weighted by Gasteiger charge is 2.57. The van der Waals surface area contributed by atoms with E-state index >= 15 is 0 Å². The Morgan fingerprint density at radius 1 is 0.527 bits per heavy atom. The summed E-state index contributed by atoms with van der Waals surface area (Å²) in [4.78, 5) is 90.9. The standard InChI is InChI=1S/C34H35BrN4O6.C31H31BrN4O6.C4H8O2/c1-34(2)44-28-18-37(33(42)36-22-12-14-23(43-3)15-13-22)16-26-30(20-8-10-21(35)11-9-20)27(38(26)19-29(28)45-34)17-39-31(40)24-6-4-5-7-25(24)32(39)41;1-42-21-12-10-20(11-13-21)33-31(41)34-14-24-28(18-6-8-19(32)9-7-18)25(35(24)17-27(38)26(37)16-34)15-36-29(39)22-4-2-3-5-23(22)30(36)40;5-4-2-1-3-6-4/h4-15,26-30H,16-19H2,1-3H3,(H,36,42);2-13,24-28,37-38H,14-17H2,1H3,(H,33,41);4-5H,1-3H2/t26-,27+,28+,29-,30+;24-,25+,26+,27-,28+;/m00./s1. The van der Waals surface area contributed by atoms with Crippen LogP contribution in [0.5, 0.6) is 11.5 Å². The number of halogens is 2. The van der Waals surface area contributed by atoms with Gasteiger partial charge in [-0.2, -0.15) is 0 Å². The average molecular weight is 1400 g/mol. The van der Waals surface area contributed by atoms with Crippen LogP contribution in [0.1, 0.15) is 91.1 Å². The molecule has 0 aliphatic carbocycles. The first kappa shape index (κ1) is 65.4. The number of methoxy groups -OCH3 is 2. The maximum atomic E-state index is 13.8. The fraction of sp³-hybridized carbons (Fsp3) is 0.391. The smallest absolute Gasteiger partial charge is 0.321 e. The molecule has 6 fully saturated rings. The molecular weight excluding hydrogens is 1320 g/mol. The van der Waals surface area contributed by atoms with Crippen molar-refractivity contribution >= 4 is 78.9 Å². The maximum absolute atomic E-state index is 13.8. The zero-order chi connectivity index (χ0) is 65.4. The molecule has 0 radical (unpaired) electrons. The first-order valence-corrected chi connectivity index (χ1v) is 32.7. The van der Waals surface area contributed by atoms with Crippen molar-refractivity contribution in [3.63, 3.8) is 0 Å². The third kappa shape index (κ3) is 13.8. The van der Waals surface area contributed by atoms with Crippen molar-refractivity contribution in [2.75, 3.05) is 83.8 Å². The van der Waals surface area contributed by atoms with Gasteiger partial charge in [-0.25, -0.2) is 9.59 Å². The minimum Gasteiger partial charge on any atom is -0.497 e. The van der Waals surface area contributed by atoms with Crippen molar-refractivity contribution in [1.82, 2.24) is 29.4 Å². The number of carbonyl (C=O) groups excluding carboxylic acids is 6. The number of nitrogens with zero attached hydrogens (tertiary/aromatic N) is 6. The van der Waals surface area contributed by atoms with Crippen LogP contribution in [-0.4, -0.2) is 214 Å². The Bertz CT molecular complexity index is 3660. The lowest BCUT2D eigenvalue weighted by Crippen LogP contribution is -2.72. The van der Waals surface area contributed by atoms with Crippen LogP contribution in [0.25, 0.3) is 0 Å². The molecule has 0 bridgehead atoms. The molecule has 0 saturated carbocycles. The number of aliphatic hydroxyl groups is 3. The summed E-state index contributed by atoms with van der Waals surface area (Å²) in [7, 11) is 3.16. The Hall–Kier alpha value is -7.62. The summed E-state index contributed by atoms with van der Waals surface area (Å²) in [5, 5.41) is 36.2. The monoisotopic (exact) mass is 1400 g/mol. The Balaban J connectivity index is 0.000000164. The number of fused-ring (bicyclic) bond motifs is 5. The molecule has 93 heavy (non-hydrogen) atoms. The van der Waals surface area contributed by atoms with Gasteiger partial charge >= 0.3 is 12.1 Å². The number of ether oxygens (including phenoxy) is 5. The number of urea groups is 2. The van der Waals surface area contributed by atoms with Crippen LogP contribution in [0.3, 0.4) is 0 Å². The lowest BCUT2D eigenvalue weighted by atomic mass is 9.73. The number of imide groups is 2. The fourth-order valence-electron chi connectivity index (χ4n) is 14.1. The highest BCUT2D eigenvalue weighted by Crippen LogP contribution is 2.47. The fourth-order valence-corrected chi connectivity index (χ4v) is 14.6. The molecule has 11 atom stereocenters. The minimum absolute atomic E-state index is 0.0504. The summed E-state index contributed by atoms with van der Waals surface area (Å²) >= 11 is 7.04. The Morgan fingerprint density at radius 2 is 0.914 bits per heavy atom. The zero-order valence-electron chi connectivity index (χ0n) is 51.8. The van der Waals surface area contributed by atoms with Crippen LogP contribution >= 0.6 is 31.9 Å². The third-order valence-electron chi connectivity index (χ3n) is 18.7. The normalized spacial score (nSPS) is 27.0. The van der Waals surface area contributed by atoms with E-state index in [9.17, 15) is 39.0 Å². The van der Waals surface area contributed by atoms with Crippen LogP contribution in [0.15, 0.2) is 155 Å². The molecule has 0 aromatic heterocycles. The summed E-state index contributed by atoms with van der Waals surface area (Å²) in [5.41, 5.74) is 4.91. The number of rotatable bonds is 10. The molecule has 14 rings (SSSR count). The van der Waals surface area contributed by atoms with E-state index in [4.69, 9.17) is 28.8 Å². The highest BCUT2D eigenvalue weighted by molar-refractivity contribution is 9.10.